The summed E-state index contributed by atoms with van der Waals surface area (Å²) in [4.78, 5) is 24.6. The summed E-state index contributed by atoms with van der Waals surface area (Å²) in [6, 6.07) is -0.730. The first-order valence-corrected chi connectivity index (χ1v) is 6.85. The highest BCUT2D eigenvalue weighted by atomic mass is 16.4. The fraction of sp³-hybridized carbons (Fsp3) is 0.846. The van der Waals surface area contributed by atoms with Gasteiger partial charge in [-0.25, -0.2) is 9.59 Å². The van der Waals surface area contributed by atoms with Gasteiger partial charge in [-0.1, -0.05) is 13.3 Å². The van der Waals surface area contributed by atoms with Crippen LogP contribution >= 0.6 is 0 Å². The zero-order valence-electron chi connectivity index (χ0n) is 12.4. The van der Waals surface area contributed by atoms with Crippen LogP contribution in [0.25, 0.3) is 0 Å². The number of nitrogens with one attached hydrogen (secondary N) is 2. The normalized spacial score (nSPS) is 12.5. The van der Waals surface area contributed by atoms with E-state index in [1.165, 1.54) is 0 Å². The Balaban J connectivity index is 3.83. The first-order valence-electron chi connectivity index (χ1n) is 6.85. The predicted octanol–water partition coefficient (Wildman–Crippen LogP) is 1.27. The van der Waals surface area contributed by atoms with Crippen molar-refractivity contribution >= 4 is 12.0 Å². The number of carboxylic acids is 1. The zero-order valence-corrected chi connectivity index (χ0v) is 12.4. The molecule has 112 valence electrons. The molecule has 0 aromatic rings. The Kier molecular flexibility index (Phi) is 8.95. The van der Waals surface area contributed by atoms with Crippen LogP contribution in [0.3, 0.4) is 0 Å². The molecule has 0 rings (SSSR count). The molecule has 2 amide bonds. The van der Waals surface area contributed by atoms with Crippen LogP contribution in [0.4, 0.5) is 4.79 Å². The summed E-state index contributed by atoms with van der Waals surface area (Å²) in [5, 5.41) is 14.1. The molecule has 0 saturated heterocycles. The quantitative estimate of drug-likeness (QED) is 0.553. The van der Waals surface area contributed by atoms with Crippen molar-refractivity contribution in [3.8, 4) is 0 Å². The molecule has 0 aromatic heterocycles. The lowest BCUT2D eigenvalue weighted by Gasteiger charge is -2.21. The monoisotopic (exact) mass is 273 g/mol. The summed E-state index contributed by atoms with van der Waals surface area (Å²) >= 11 is 0. The van der Waals surface area contributed by atoms with Gasteiger partial charge < -0.3 is 20.6 Å². The average Bonchev–Trinajstić information content (AvgIpc) is 2.33. The molecule has 0 unspecified atom stereocenters. The van der Waals surface area contributed by atoms with Crippen molar-refractivity contribution in [2.45, 2.75) is 52.1 Å². The Bertz CT molecular complexity index is 282. The number of amides is 2. The molecule has 6 heteroatoms. The Morgan fingerprint density at radius 2 is 1.95 bits per heavy atom. The van der Waals surface area contributed by atoms with Crippen molar-refractivity contribution in [3.05, 3.63) is 0 Å². The Hall–Kier alpha value is -1.30. The summed E-state index contributed by atoms with van der Waals surface area (Å²) < 4.78 is 0. The number of hydrogen-bond acceptors (Lipinski definition) is 3. The van der Waals surface area contributed by atoms with E-state index in [1.54, 1.807) is 0 Å². The van der Waals surface area contributed by atoms with E-state index in [4.69, 9.17) is 5.11 Å². The number of hydrogen-bond donors (Lipinski definition) is 3. The second-order valence-corrected chi connectivity index (χ2v) is 5.01. The van der Waals surface area contributed by atoms with Gasteiger partial charge in [-0.15, -0.1) is 0 Å². The van der Waals surface area contributed by atoms with Crippen molar-refractivity contribution < 1.29 is 14.7 Å². The third-order valence-electron chi connectivity index (χ3n) is 3.04. The van der Waals surface area contributed by atoms with Gasteiger partial charge in [0.25, 0.3) is 0 Å². The molecular formula is C13H27N3O3. The molecule has 0 aliphatic rings. The first-order chi connectivity index (χ1) is 8.88. The number of carbonyl (C=O) groups is 2. The Morgan fingerprint density at radius 1 is 1.32 bits per heavy atom. The van der Waals surface area contributed by atoms with Gasteiger partial charge in [0.1, 0.15) is 6.04 Å². The van der Waals surface area contributed by atoms with E-state index in [9.17, 15) is 9.59 Å². The van der Waals surface area contributed by atoms with Crippen LogP contribution in [0, 0.1) is 0 Å². The molecule has 0 heterocycles. The largest absolute Gasteiger partial charge is 0.480 e. The number of carbonyl (C=O) groups excluding carboxylic acids is 1. The van der Waals surface area contributed by atoms with Gasteiger partial charge in [0.2, 0.25) is 0 Å². The lowest BCUT2D eigenvalue weighted by molar-refractivity contribution is -0.139. The van der Waals surface area contributed by atoms with Crippen LogP contribution in [0.1, 0.15) is 40.0 Å². The smallest absolute Gasteiger partial charge is 0.326 e. The highest BCUT2D eigenvalue weighted by molar-refractivity contribution is 5.82. The molecular weight excluding hydrogens is 246 g/mol. The molecule has 0 aliphatic heterocycles. The number of rotatable bonds is 9. The van der Waals surface area contributed by atoms with Crippen LogP contribution in [0.15, 0.2) is 0 Å². The van der Waals surface area contributed by atoms with E-state index in [2.05, 4.69) is 29.4 Å². The van der Waals surface area contributed by atoms with Gasteiger partial charge in [0, 0.05) is 12.6 Å². The minimum Gasteiger partial charge on any atom is -0.480 e. The molecule has 0 fully saturated rings. The molecule has 3 N–H and O–H groups in total. The number of carboxylic acid groups (broad SMARTS) is 1. The fourth-order valence-electron chi connectivity index (χ4n) is 1.54. The van der Waals surface area contributed by atoms with E-state index >= 15 is 0 Å². The minimum absolute atomic E-state index is 0.409. The SMILES string of the molecule is CCC[C@@H](NC(=O)NCCCN(C)C(C)C)C(=O)O. The predicted molar refractivity (Wildman–Crippen MR) is 75.2 cm³/mol. The maximum Gasteiger partial charge on any atom is 0.326 e. The molecule has 0 aliphatic carbocycles. The van der Waals surface area contributed by atoms with Gasteiger partial charge in [-0.2, -0.15) is 0 Å². The zero-order chi connectivity index (χ0) is 14.8. The lowest BCUT2D eigenvalue weighted by Crippen LogP contribution is -2.46. The first kappa shape index (κ1) is 17.7. The van der Waals surface area contributed by atoms with Gasteiger partial charge in [-0.3, -0.25) is 0 Å². The van der Waals surface area contributed by atoms with Crippen LogP contribution in [-0.2, 0) is 4.79 Å². The highest BCUT2D eigenvalue weighted by Gasteiger charge is 2.18. The fourth-order valence-corrected chi connectivity index (χ4v) is 1.54. The van der Waals surface area contributed by atoms with Gasteiger partial charge in [0.05, 0.1) is 0 Å². The third kappa shape index (κ3) is 8.42. The molecule has 19 heavy (non-hydrogen) atoms. The van der Waals surface area contributed by atoms with E-state index in [0.717, 1.165) is 19.4 Å². The maximum absolute atomic E-state index is 11.5. The molecule has 0 saturated carbocycles. The number of urea groups is 1. The van der Waals surface area contributed by atoms with E-state index in [1.807, 2.05) is 14.0 Å². The summed E-state index contributed by atoms with van der Waals surface area (Å²) in [6.45, 7) is 7.55. The van der Waals surface area contributed by atoms with Crippen molar-refractivity contribution in [2.24, 2.45) is 0 Å². The summed E-state index contributed by atoms with van der Waals surface area (Å²) in [7, 11) is 2.03. The third-order valence-corrected chi connectivity index (χ3v) is 3.04. The molecule has 6 nitrogen and oxygen atoms in total. The van der Waals surface area contributed by atoms with E-state index < -0.39 is 18.0 Å². The minimum atomic E-state index is -0.989. The molecule has 0 radical (unpaired) electrons. The summed E-state index contributed by atoms with van der Waals surface area (Å²) in [6.07, 6.45) is 2.00. The van der Waals surface area contributed by atoms with Crippen LogP contribution in [-0.4, -0.2) is 54.2 Å². The Morgan fingerprint density at radius 3 is 2.42 bits per heavy atom. The Labute approximate surface area is 115 Å². The summed E-state index contributed by atoms with van der Waals surface area (Å²) in [5.41, 5.74) is 0. The number of aliphatic carboxylic acids is 1. The van der Waals surface area contributed by atoms with Crippen molar-refractivity contribution in [3.63, 3.8) is 0 Å². The second-order valence-electron chi connectivity index (χ2n) is 5.01. The van der Waals surface area contributed by atoms with E-state index in [0.29, 0.717) is 19.0 Å². The molecule has 0 bridgehead atoms. The van der Waals surface area contributed by atoms with Gasteiger partial charge in [-0.05, 0) is 40.3 Å². The molecule has 0 spiro atoms. The van der Waals surface area contributed by atoms with Crippen molar-refractivity contribution in [2.75, 3.05) is 20.1 Å². The molecule has 0 aromatic carbocycles. The van der Waals surface area contributed by atoms with Crippen LogP contribution in [0.2, 0.25) is 0 Å². The lowest BCUT2D eigenvalue weighted by atomic mass is 10.2. The van der Waals surface area contributed by atoms with Crippen molar-refractivity contribution in [1.29, 1.82) is 0 Å². The van der Waals surface area contributed by atoms with Crippen molar-refractivity contribution in [1.82, 2.24) is 15.5 Å². The average molecular weight is 273 g/mol. The van der Waals surface area contributed by atoms with Gasteiger partial charge >= 0.3 is 12.0 Å². The molecule has 1 atom stereocenters. The van der Waals surface area contributed by atoms with E-state index in [-0.39, 0.29) is 0 Å². The highest BCUT2D eigenvalue weighted by Crippen LogP contribution is 1.97. The summed E-state index contributed by atoms with van der Waals surface area (Å²) in [5.74, 6) is -0.989. The number of nitrogens with zero attached hydrogens (tertiary/aromatic N) is 1. The van der Waals surface area contributed by atoms with Crippen LogP contribution < -0.4 is 10.6 Å². The van der Waals surface area contributed by atoms with Gasteiger partial charge in [0.15, 0.2) is 0 Å². The maximum atomic E-state index is 11.5. The van der Waals surface area contributed by atoms with Crippen LogP contribution in [0.5, 0.6) is 0 Å². The second kappa shape index (κ2) is 9.61. The standard InChI is InChI=1S/C13H27N3O3/c1-5-7-11(12(17)18)15-13(19)14-8-6-9-16(4)10(2)3/h10-11H,5-9H2,1-4H3,(H,17,18)(H2,14,15,19)/t11-/m1/s1. The topological polar surface area (TPSA) is 81.7 Å².